The van der Waals surface area contributed by atoms with E-state index in [0.29, 0.717) is 32.5 Å². The maximum Gasteiger partial charge on any atom is 0.407 e. The molecule has 0 saturated heterocycles. The minimum atomic E-state index is -2.56. The number of carbonyl (C=O) groups excluding carboxylic acids is 3. The quantitative estimate of drug-likeness (QED) is 0.145. The highest BCUT2D eigenvalue weighted by molar-refractivity contribution is 8.09. The minimum absolute atomic E-state index is 0.0679. The third-order valence-corrected chi connectivity index (χ3v) is 5.85. The van der Waals surface area contributed by atoms with Crippen molar-refractivity contribution in [2.24, 2.45) is 0 Å². The Hall–Kier alpha value is -0.870. The summed E-state index contributed by atoms with van der Waals surface area (Å²) in [6.07, 6.45) is 8.45. The molecule has 12 heteroatoms. The normalized spacial score (nSPS) is 12.6. The van der Waals surface area contributed by atoms with Crippen LogP contribution in [0.1, 0.15) is 57.8 Å². The SMILES string of the molecule is CSCCC(=O)NCCCCCC(=O)NCCOC(=O)NCCCCCCOP(C)(O)=S. The molecule has 32 heavy (non-hydrogen) atoms. The summed E-state index contributed by atoms with van der Waals surface area (Å²) >= 11 is 6.44. The molecular weight excluding hydrogens is 473 g/mol. The van der Waals surface area contributed by atoms with Crippen LogP contribution in [0, 0.1) is 0 Å². The lowest BCUT2D eigenvalue weighted by molar-refractivity contribution is -0.122. The summed E-state index contributed by atoms with van der Waals surface area (Å²) in [7, 11) is 0. The molecule has 1 atom stereocenters. The van der Waals surface area contributed by atoms with Gasteiger partial charge in [0.1, 0.15) is 6.61 Å². The Morgan fingerprint density at radius 3 is 2.12 bits per heavy atom. The van der Waals surface area contributed by atoms with E-state index < -0.39 is 12.6 Å². The zero-order chi connectivity index (χ0) is 24.1. The van der Waals surface area contributed by atoms with Gasteiger partial charge in [0.15, 0.2) is 6.49 Å². The lowest BCUT2D eigenvalue weighted by Gasteiger charge is -2.10. The number of thioether (sulfide) groups is 1. The molecule has 0 aliphatic rings. The molecule has 0 aromatic carbocycles. The summed E-state index contributed by atoms with van der Waals surface area (Å²) in [6, 6.07) is 0. The van der Waals surface area contributed by atoms with E-state index in [-0.39, 0.29) is 25.0 Å². The first-order valence-electron chi connectivity index (χ1n) is 11.1. The van der Waals surface area contributed by atoms with Gasteiger partial charge in [-0.1, -0.05) is 19.3 Å². The molecule has 0 aliphatic carbocycles. The van der Waals surface area contributed by atoms with Crippen molar-refractivity contribution in [2.75, 3.05) is 51.5 Å². The van der Waals surface area contributed by atoms with Gasteiger partial charge in [0, 0.05) is 38.3 Å². The topological polar surface area (TPSA) is 126 Å². The van der Waals surface area contributed by atoms with Gasteiger partial charge < -0.3 is 30.1 Å². The number of alkyl carbamates (subject to hydrolysis) is 1. The first-order valence-corrected chi connectivity index (χ1v) is 15.6. The summed E-state index contributed by atoms with van der Waals surface area (Å²) in [6.45, 7) is 1.01. The highest BCUT2D eigenvalue weighted by atomic mass is 32.5. The van der Waals surface area contributed by atoms with Crippen LogP contribution in [-0.4, -0.2) is 74.3 Å². The van der Waals surface area contributed by atoms with Crippen LogP contribution >= 0.6 is 18.3 Å². The molecule has 0 saturated carbocycles. The Kier molecular flexibility index (Phi) is 20.2. The fourth-order valence-electron chi connectivity index (χ4n) is 2.58. The Balaban J connectivity index is 3.42. The van der Waals surface area contributed by atoms with Gasteiger partial charge in [-0.15, -0.1) is 0 Å². The van der Waals surface area contributed by atoms with E-state index in [2.05, 4.69) is 16.0 Å². The smallest absolute Gasteiger partial charge is 0.407 e. The van der Waals surface area contributed by atoms with Crippen LogP contribution < -0.4 is 16.0 Å². The molecule has 3 amide bonds. The number of amides is 3. The molecule has 0 aromatic heterocycles. The van der Waals surface area contributed by atoms with Gasteiger partial charge >= 0.3 is 6.09 Å². The Labute approximate surface area is 201 Å². The number of unbranched alkanes of at least 4 members (excludes halogenated alkanes) is 5. The lowest BCUT2D eigenvalue weighted by Crippen LogP contribution is -2.31. The zero-order valence-corrected chi connectivity index (χ0v) is 21.9. The van der Waals surface area contributed by atoms with Crippen molar-refractivity contribution in [3.8, 4) is 0 Å². The third kappa shape index (κ3) is 23.8. The van der Waals surface area contributed by atoms with Gasteiger partial charge in [-0.3, -0.25) is 9.59 Å². The first-order chi connectivity index (χ1) is 15.2. The zero-order valence-electron chi connectivity index (χ0n) is 19.4. The van der Waals surface area contributed by atoms with Crippen molar-refractivity contribution >= 4 is 48.0 Å². The minimum Gasteiger partial charge on any atom is -0.448 e. The molecular formula is C20H40N3O6PS2. The van der Waals surface area contributed by atoms with Crippen LogP contribution in [0.4, 0.5) is 4.79 Å². The van der Waals surface area contributed by atoms with Crippen LogP contribution in [0.3, 0.4) is 0 Å². The summed E-state index contributed by atoms with van der Waals surface area (Å²) in [4.78, 5) is 44.1. The summed E-state index contributed by atoms with van der Waals surface area (Å²) in [5.41, 5.74) is 0. The van der Waals surface area contributed by atoms with Crippen molar-refractivity contribution < 1.29 is 28.5 Å². The number of hydrogen-bond donors (Lipinski definition) is 4. The maximum atomic E-state index is 11.8. The van der Waals surface area contributed by atoms with Crippen molar-refractivity contribution in [2.45, 2.75) is 57.8 Å². The van der Waals surface area contributed by atoms with E-state index >= 15 is 0 Å². The van der Waals surface area contributed by atoms with Gasteiger partial charge in [-0.25, -0.2) is 4.79 Å². The van der Waals surface area contributed by atoms with Crippen molar-refractivity contribution in [1.82, 2.24) is 16.0 Å². The molecule has 0 radical (unpaired) electrons. The molecule has 1 unspecified atom stereocenters. The van der Waals surface area contributed by atoms with E-state index in [1.807, 2.05) is 6.26 Å². The second-order valence-electron chi connectivity index (χ2n) is 7.37. The van der Waals surface area contributed by atoms with Crippen LogP contribution in [0.15, 0.2) is 0 Å². The first kappa shape index (κ1) is 31.1. The Morgan fingerprint density at radius 1 is 0.844 bits per heavy atom. The van der Waals surface area contributed by atoms with Gasteiger partial charge in [0.2, 0.25) is 11.8 Å². The predicted octanol–water partition coefficient (Wildman–Crippen LogP) is 2.77. The molecule has 0 fully saturated rings. The van der Waals surface area contributed by atoms with E-state index in [4.69, 9.17) is 21.1 Å². The largest absolute Gasteiger partial charge is 0.448 e. The van der Waals surface area contributed by atoms with Gasteiger partial charge in [-0.05, 0) is 43.7 Å². The third-order valence-electron chi connectivity index (χ3n) is 4.26. The number of rotatable bonds is 20. The maximum absolute atomic E-state index is 11.8. The van der Waals surface area contributed by atoms with E-state index in [1.165, 1.54) is 6.66 Å². The molecule has 0 spiro atoms. The molecule has 0 aromatic rings. The number of ether oxygens (including phenoxy) is 1. The van der Waals surface area contributed by atoms with E-state index in [1.54, 1.807) is 11.8 Å². The fraction of sp³-hybridized carbons (Fsp3) is 0.850. The fourth-order valence-corrected chi connectivity index (χ4v) is 3.66. The van der Waals surface area contributed by atoms with Crippen LogP contribution in [-0.2, 0) is 30.7 Å². The molecule has 0 aliphatic heterocycles. The van der Waals surface area contributed by atoms with Gasteiger partial charge in [-0.2, -0.15) is 11.8 Å². The van der Waals surface area contributed by atoms with Gasteiger partial charge in [0.05, 0.1) is 13.2 Å². The van der Waals surface area contributed by atoms with Crippen molar-refractivity contribution in [3.05, 3.63) is 0 Å². The summed E-state index contributed by atoms with van der Waals surface area (Å²) in [5, 5.41) is 8.27. The second-order valence-corrected chi connectivity index (χ2v) is 12.2. The summed E-state index contributed by atoms with van der Waals surface area (Å²) in [5.74, 6) is 0.839. The predicted molar refractivity (Wildman–Crippen MR) is 134 cm³/mol. The van der Waals surface area contributed by atoms with Crippen LogP contribution in [0.25, 0.3) is 0 Å². The second kappa shape index (κ2) is 20.7. The molecule has 0 heterocycles. The molecule has 188 valence electrons. The monoisotopic (exact) mass is 513 g/mol. The van der Waals surface area contributed by atoms with Crippen LogP contribution in [0.5, 0.6) is 0 Å². The van der Waals surface area contributed by atoms with Crippen molar-refractivity contribution in [3.63, 3.8) is 0 Å². The van der Waals surface area contributed by atoms with Crippen molar-refractivity contribution in [1.29, 1.82) is 0 Å². The molecule has 4 N–H and O–H groups in total. The number of hydrogen-bond acceptors (Lipinski definition) is 7. The van der Waals surface area contributed by atoms with Crippen LogP contribution in [0.2, 0.25) is 0 Å². The Bertz CT molecular complexity index is 578. The molecule has 9 nitrogen and oxygen atoms in total. The van der Waals surface area contributed by atoms with E-state index in [9.17, 15) is 19.3 Å². The highest BCUT2D eigenvalue weighted by Gasteiger charge is 2.05. The van der Waals surface area contributed by atoms with E-state index in [0.717, 1.165) is 50.7 Å². The van der Waals surface area contributed by atoms with Gasteiger partial charge in [0.25, 0.3) is 0 Å². The standard InChI is InChI=1S/C20H40N3O6PS2/c1-30(27,31)29-15-9-4-3-7-13-23-20(26)28-16-14-22-18(24)10-6-5-8-12-21-19(25)11-17-32-2/h3-17H2,1-2H3,(H,21,25)(H,22,24)(H,23,26)(H,27,31). The lowest BCUT2D eigenvalue weighted by atomic mass is 10.2. The summed E-state index contributed by atoms with van der Waals surface area (Å²) < 4.78 is 10.2. The number of carbonyl (C=O) groups is 3. The average molecular weight is 514 g/mol. The number of nitrogens with one attached hydrogen (secondary N) is 3. The highest BCUT2D eigenvalue weighted by Crippen LogP contribution is 2.37. The molecule has 0 rings (SSSR count). The average Bonchev–Trinajstić information content (AvgIpc) is 2.73. The molecule has 0 bridgehead atoms. The Morgan fingerprint density at radius 2 is 1.44 bits per heavy atom.